The Bertz CT molecular complexity index is 877. The van der Waals surface area contributed by atoms with Crippen LogP contribution in [0.5, 0.6) is 11.5 Å². The van der Waals surface area contributed by atoms with Gasteiger partial charge in [-0.05, 0) is 35.9 Å². The molecule has 0 amide bonds. The van der Waals surface area contributed by atoms with Gasteiger partial charge in [-0.2, -0.15) is 0 Å². The van der Waals surface area contributed by atoms with E-state index in [-0.39, 0.29) is 23.1 Å². The van der Waals surface area contributed by atoms with Crippen molar-refractivity contribution in [1.82, 2.24) is 0 Å². The van der Waals surface area contributed by atoms with Crippen LogP contribution in [-0.4, -0.2) is 14.4 Å². The van der Waals surface area contributed by atoms with Gasteiger partial charge in [0.05, 0.1) is 16.6 Å². The van der Waals surface area contributed by atoms with E-state index in [0.717, 1.165) is 0 Å². The Balaban J connectivity index is 1.95. The highest BCUT2D eigenvalue weighted by atomic mass is 32.2. The second kappa shape index (κ2) is 6.84. The lowest BCUT2D eigenvalue weighted by Gasteiger charge is -2.11. The van der Waals surface area contributed by atoms with Crippen molar-refractivity contribution in [3.63, 3.8) is 0 Å². The van der Waals surface area contributed by atoms with Crippen LogP contribution in [0.1, 0.15) is 5.56 Å². The Kier molecular flexibility index (Phi) is 4.62. The van der Waals surface area contributed by atoms with Crippen molar-refractivity contribution >= 4 is 10.8 Å². The minimum atomic E-state index is -1.32. The molecule has 0 saturated carbocycles. The topological polar surface area (TPSA) is 57.5 Å². The second-order valence-electron chi connectivity index (χ2n) is 5.31. The molecule has 122 valence electrons. The van der Waals surface area contributed by atoms with Gasteiger partial charge in [0.2, 0.25) is 0 Å². The molecule has 0 spiro atoms. The van der Waals surface area contributed by atoms with Crippen LogP contribution in [0.2, 0.25) is 0 Å². The average Bonchev–Trinajstić information content (AvgIpc) is 2.59. The Hall–Kier alpha value is -2.66. The molecule has 3 nitrogen and oxygen atoms in total. The van der Waals surface area contributed by atoms with Gasteiger partial charge in [0, 0.05) is 22.1 Å². The average molecular weight is 342 g/mol. The molecular formula is C19H15FO3S. The monoisotopic (exact) mass is 342 g/mol. The molecular weight excluding hydrogens is 327 g/mol. The zero-order chi connectivity index (χ0) is 17.1. The third-order valence-corrected chi connectivity index (χ3v) is 5.02. The van der Waals surface area contributed by atoms with E-state index in [9.17, 15) is 18.8 Å². The van der Waals surface area contributed by atoms with Crippen LogP contribution in [0, 0.1) is 5.82 Å². The maximum Gasteiger partial charge on any atom is 0.127 e. The summed E-state index contributed by atoms with van der Waals surface area (Å²) in [6, 6.07) is 17.4. The summed E-state index contributed by atoms with van der Waals surface area (Å²) in [7, 11) is -1.32. The molecule has 3 rings (SSSR count). The van der Waals surface area contributed by atoms with Crippen molar-refractivity contribution < 1.29 is 18.8 Å². The van der Waals surface area contributed by atoms with Crippen molar-refractivity contribution in [2.45, 2.75) is 10.6 Å². The first kappa shape index (κ1) is 16.2. The summed E-state index contributed by atoms with van der Waals surface area (Å²) in [5.41, 5.74) is 1.52. The van der Waals surface area contributed by atoms with Gasteiger partial charge in [-0.1, -0.05) is 30.3 Å². The molecule has 1 unspecified atom stereocenters. The van der Waals surface area contributed by atoms with Gasteiger partial charge in [0.15, 0.2) is 0 Å². The van der Waals surface area contributed by atoms with Crippen LogP contribution in [0.4, 0.5) is 4.39 Å². The van der Waals surface area contributed by atoms with E-state index in [1.807, 2.05) is 6.07 Å². The van der Waals surface area contributed by atoms with Crippen molar-refractivity contribution in [3.05, 3.63) is 78.1 Å². The quantitative estimate of drug-likeness (QED) is 0.747. The molecule has 0 bridgehead atoms. The fourth-order valence-electron chi connectivity index (χ4n) is 2.40. The van der Waals surface area contributed by atoms with E-state index in [1.165, 1.54) is 18.2 Å². The molecule has 0 heterocycles. The number of benzene rings is 3. The van der Waals surface area contributed by atoms with Crippen molar-refractivity contribution in [3.8, 4) is 22.6 Å². The summed E-state index contributed by atoms with van der Waals surface area (Å²) in [4.78, 5) is 0.660. The molecule has 1 atom stereocenters. The lowest BCUT2D eigenvalue weighted by Crippen LogP contribution is -1.97. The highest BCUT2D eigenvalue weighted by Crippen LogP contribution is 2.35. The molecule has 5 heteroatoms. The van der Waals surface area contributed by atoms with Crippen LogP contribution in [-0.2, 0) is 16.6 Å². The summed E-state index contributed by atoms with van der Waals surface area (Å²) in [5.74, 6) is -0.497. The number of aromatic hydroxyl groups is 2. The SMILES string of the molecule is O=S(Cc1cc(-c2ccc(F)cc2)c(O)cc1O)c1ccccc1. The molecule has 0 aromatic heterocycles. The fraction of sp³-hybridized carbons (Fsp3) is 0.0526. The minimum absolute atomic E-state index is 0.115. The largest absolute Gasteiger partial charge is 0.507 e. The predicted molar refractivity (Wildman–Crippen MR) is 91.7 cm³/mol. The number of hydrogen-bond donors (Lipinski definition) is 2. The summed E-state index contributed by atoms with van der Waals surface area (Å²) >= 11 is 0. The van der Waals surface area contributed by atoms with Crippen LogP contribution >= 0.6 is 0 Å². The molecule has 0 saturated heterocycles. The van der Waals surface area contributed by atoms with E-state index in [0.29, 0.717) is 21.6 Å². The van der Waals surface area contributed by atoms with E-state index in [2.05, 4.69) is 0 Å². The van der Waals surface area contributed by atoms with Crippen LogP contribution < -0.4 is 0 Å². The standard InChI is InChI=1S/C19H15FO3S/c20-15-8-6-13(7-9-15)17-10-14(18(21)11-19(17)22)12-24(23)16-4-2-1-3-5-16/h1-11,21-22H,12H2. The van der Waals surface area contributed by atoms with Gasteiger partial charge >= 0.3 is 0 Å². The molecule has 0 fully saturated rings. The molecule has 0 radical (unpaired) electrons. The molecule has 0 aliphatic carbocycles. The maximum absolute atomic E-state index is 13.1. The van der Waals surface area contributed by atoms with Gasteiger partial charge in [-0.25, -0.2) is 4.39 Å². The summed E-state index contributed by atoms with van der Waals surface area (Å²) in [6.45, 7) is 0. The van der Waals surface area contributed by atoms with Gasteiger partial charge < -0.3 is 10.2 Å². The van der Waals surface area contributed by atoms with Crippen LogP contribution in [0.25, 0.3) is 11.1 Å². The Morgan fingerprint density at radius 3 is 2.21 bits per heavy atom. The Labute approximate surface area is 141 Å². The number of halogens is 1. The van der Waals surface area contributed by atoms with E-state index >= 15 is 0 Å². The highest BCUT2D eigenvalue weighted by Gasteiger charge is 2.14. The van der Waals surface area contributed by atoms with Crippen molar-refractivity contribution in [2.75, 3.05) is 0 Å². The predicted octanol–water partition coefficient (Wildman–Crippen LogP) is 4.21. The first-order valence-electron chi connectivity index (χ1n) is 7.29. The van der Waals surface area contributed by atoms with Crippen LogP contribution in [0.3, 0.4) is 0 Å². The van der Waals surface area contributed by atoms with Gasteiger partial charge in [0.25, 0.3) is 0 Å². The zero-order valence-corrected chi connectivity index (χ0v) is 13.5. The number of phenolic OH excluding ortho intramolecular Hbond substituents is 2. The fourth-order valence-corrected chi connectivity index (χ4v) is 3.54. The van der Waals surface area contributed by atoms with Crippen LogP contribution in [0.15, 0.2) is 71.6 Å². The molecule has 3 aromatic rings. The highest BCUT2D eigenvalue weighted by molar-refractivity contribution is 7.84. The second-order valence-corrected chi connectivity index (χ2v) is 6.76. The molecule has 0 aliphatic heterocycles. The molecule has 3 aromatic carbocycles. The van der Waals surface area contributed by atoms with E-state index in [4.69, 9.17) is 0 Å². The summed E-state index contributed by atoms with van der Waals surface area (Å²) in [5, 5.41) is 20.1. The number of phenols is 2. The normalized spacial score (nSPS) is 12.0. The smallest absolute Gasteiger partial charge is 0.127 e. The first-order chi connectivity index (χ1) is 11.5. The lowest BCUT2D eigenvalue weighted by atomic mass is 10.0. The third kappa shape index (κ3) is 3.46. The van der Waals surface area contributed by atoms with Crippen molar-refractivity contribution in [2.24, 2.45) is 0 Å². The minimum Gasteiger partial charge on any atom is -0.507 e. The maximum atomic E-state index is 13.1. The molecule has 0 aliphatic rings. The third-order valence-electron chi connectivity index (χ3n) is 3.64. The van der Waals surface area contributed by atoms with Gasteiger partial charge in [0.1, 0.15) is 17.3 Å². The van der Waals surface area contributed by atoms with Gasteiger partial charge in [-0.15, -0.1) is 0 Å². The Morgan fingerprint density at radius 1 is 0.875 bits per heavy atom. The van der Waals surface area contributed by atoms with E-state index < -0.39 is 10.8 Å². The van der Waals surface area contributed by atoms with Gasteiger partial charge in [-0.3, -0.25) is 4.21 Å². The molecule has 2 N–H and O–H groups in total. The zero-order valence-electron chi connectivity index (χ0n) is 12.6. The lowest BCUT2D eigenvalue weighted by molar-refractivity contribution is 0.448. The summed E-state index contributed by atoms with van der Waals surface area (Å²) < 4.78 is 25.5. The number of hydrogen-bond acceptors (Lipinski definition) is 3. The van der Waals surface area contributed by atoms with E-state index in [1.54, 1.807) is 42.5 Å². The first-order valence-corrected chi connectivity index (χ1v) is 8.60. The van der Waals surface area contributed by atoms with Crippen molar-refractivity contribution in [1.29, 1.82) is 0 Å². The summed E-state index contributed by atoms with van der Waals surface area (Å²) in [6.07, 6.45) is 0. The Morgan fingerprint density at radius 2 is 1.54 bits per heavy atom. The molecule has 24 heavy (non-hydrogen) atoms. The number of rotatable bonds is 4.